The molecule has 0 radical (unpaired) electrons. The van der Waals surface area contributed by atoms with E-state index >= 15 is 0 Å². The molecule has 3 nitrogen and oxygen atoms in total. The summed E-state index contributed by atoms with van der Waals surface area (Å²) in [6.07, 6.45) is 2.48. The zero-order chi connectivity index (χ0) is 12.2. The average Bonchev–Trinajstić information content (AvgIpc) is 2.46. The Bertz CT molecular complexity index is 388. The fourth-order valence-corrected chi connectivity index (χ4v) is 2.83. The zero-order valence-corrected chi connectivity index (χ0v) is 10.7. The first-order chi connectivity index (χ1) is 8.93. The van der Waals surface area contributed by atoms with Crippen LogP contribution in [0.5, 0.6) is 0 Å². The van der Waals surface area contributed by atoms with Crippen LogP contribution in [0.1, 0.15) is 30.0 Å². The number of fused-ring (bicyclic) bond motifs is 1. The van der Waals surface area contributed by atoms with E-state index < -0.39 is 0 Å². The Morgan fingerprint density at radius 1 is 1.17 bits per heavy atom. The molecule has 3 rings (SSSR count). The van der Waals surface area contributed by atoms with Gasteiger partial charge in [-0.1, -0.05) is 24.3 Å². The van der Waals surface area contributed by atoms with E-state index in [1.165, 1.54) is 24.0 Å². The Morgan fingerprint density at radius 2 is 2.11 bits per heavy atom. The molecule has 1 N–H and O–H groups in total. The van der Waals surface area contributed by atoms with Gasteiger partial charge in [0.1, 0.15) is 0 Å². The summed E-state index contributed by atoms with van der Waals surface area (Å²) in [4.78, 5) is 0. The van der Waals surface area contributed by atoms with Crippen LogP contribution in [0.2, 0.25) is 0 Å². The van der Waals surface area contributed by atoms with Gasteiger partial charge in [0.05, 0.1) is 25.9 Å². The van der Waals surface area contributed by atoms with Gasteiger partial charge in [0.2, 0.25) is 0 Å². The first-order valence-corrected chi connectivity index (χ1v) is 6.90. The molecule has 2 unspecified atom stereocenters. The van der Waals surface area contributed by atoms with E-state index in [0.29, 0.717) is 12.0 Å². The summed E-state index contributed by atoms with van der Waals surface area (Å²) in [5, 5.41) is 3.64. The molecule has 3 heteroatoms. The van der Waals surface area contributed by atoms with Crippen LogP contribution in [0.15, 0.2) is 24.3 Å². The highest BCUT2D eigenvalue weighted by atomic mass is 16.5. The Labute approximate surface area is 108 Å². The van der Waals surface area contributed by atoms with Crippen molar-refractivity contribution in [1.29, 1.82) is 0 Å². The van der Waals surface area contributed by atoms with Gasteiger partial charge in [-0.25, -0.2) is 0 Å². The van der Waals surface area contributed by atoms with E-state index in [4.69, 9.17) is 9.47 Å². The molecular weight excluding hydrogens is 226 g/mol. The summed E-state index contributed by atoms with van der Waals surface area (Å²) < 4.78 is 11.2. The van der Waals surface area contributed by atoms with Crippen molar-refractivity contribution in [2.45, 2.75) is 25.5 Å². The quantitative estimate of drug-likeness (QED) is 0.889. The molecule has 2 heterocycles. The first kappa shape index (κ1) is 12.2. The van der Waals surface area contributed by atoms with Crippen molar-refractivity contribution in [3.8, 4) is 0 Å². The van der Waals surface area contributed by atoms with Crippen LogP contribution < -0.4 is 5.32 Å². The second-order valence-corrected chi connectivity index (χ2v) is 5.26. The summed E-state index contributed by atoms with van der Waals surface area (Å²) in [6.45, 7) is 4.40. The van der Waals surface area contributed by atoms with E-state index in [2.05, 4.69) is 29.6 Å². The Morgan fingerprint density at radius 3 is 3.00 bits per heavy atom. The van der Waals surface area contributed by atoms with Crippen LogP contribution in [-0.2, 0) is 16.1 Å². The van der Waals surface area contributed by atoms with E-state index in [-0.39, 0.29) is 0 Å². The van der Waals surface area contributed by atoms with Gasteiger partial charge in [0.15, 0.2) is 0 Å². The molecule has 1 aromatic carbocycles. The number of rotatable bonds is 3. The fraction of sp³-hybridized carbons (Fsp3) is 0.600. The van der Waals surface area contributed by atoms with Crippen molar-refractivity contribution in [2.75, 3.05) is 26.4 Å². The molecule has 2 atom stereocenters. The van der Waals surface area contributed by atoms with Gasteiger partial charge in [0, 0.05) is 13.2 Å². The van der Waals surface area contributed by atoms with E-state index in [1.807, 2.05) is 0 Å². The molecule has 98 valence electrons. The molecule has 18 heavy (non-hydrogen) atoms. The van der Waals surface area contributed by atoms with Crippen molar-refractivity contribution in [3.63, 3.8) is 0 Å². The molecule has 2 aliphatic heterocycles. The third-order valence-corrected chi connectivity index (χ3v) is 3.88. The minimum Gasteiger partial charge on any atom is -0.381 e. The average molecular weight is 247 g/mol. The first-order valence-electron chi connectivity index (χ1n) is 6.90. The summed E-state index contributed by atoms with van der Waals surface area (Å²) in [6, 6.07) is 8.92. The van der Waals surface area contributed by atoms with Crippen LogP contribution in [0.3, 0.4) is 0 Å². The Hall–Kier alpha value is -0.900. The number of hydrogen-bond acceptors (Lipinski definition) is 3. The fourth-order valence-electron chi connectivity index (χ4n) is 2.83. The maximum Gasteiger partial charge on any atom is 0.0721 e. The van der Waals surface area contributed by atoms with Crippen molar-refractivity contribution >= 4 is 0 Å². The Balaban J connectivity index is 1.60. The van der Waals surface area contributed by atoms with Gasteiger partial charge in [-0.2, -0.15) is 0 Å². The highest BCUT2D eigenvalue weighted by Gasteiger charge is 2.21. The third kappa shape index (κ3) is 2.74. The van der Waals surface area contributed by atoms with E-state index in [0.717, 1.165) is 33.0 Å². The molecule has 1 saturated heterocycles. The summed E-state index contributed by atoms with van der Waals surface area (Å²) in [5.74, 6) is 0.660. The Kier molecular flexibility index (Phi) is 3.93. The maximum atomic E-state index is 5.65. The molecule has 0 spiro atoms. The highest BCUT2D eigenvalue weighted by Crippen LogP contribution is 2.25. The van der Waals surface area contributed by atoms with Crippen molar-refractivity contribution in [2.24, 2.45) is 5.92 Å². The number of hydrogen-bond donors (Lipinski definition) is 1. The van der Waals surface area contributed by atoms with Crippen molar-refractivity contribution in [1.82, 2.24) is 5.32 Å². The monoisotopic (exact) mass is 247 g/mol. The number of nitrogens with one attached hydrogen (secondary N) is 1. The lowest BCUT2D eigenvalue weighted by molar-refractivity contribution is 0.0466. The summed E-state index contributed by atoms with van der Waals surface area (Å²) in [7, 11) is 0. The van der Waals surface area contributed by atoms with Crippen molar-refractivity contribution in [3.05, 3.63) is 35.4 Å². The molecule has 0 amide bonds. The third-order valence-electron chi connectivity index (χ3n) is 3.88. The standard InChI is InChI=1S/C15H21NO2/c1-2-6-14-13(5-1)10-18-11-15(14)16-8-12-4-3-7-17-9-12/h1-2,5-6,12,15-16H,3-4,7-11H2. The predicted octanol–water partition coefficient (Wildman–Crippen LogP) is 2.27. The van der Waals surface area contributed by atoms with Crippen molar-refractivity contribution < 1.29 is 9.47 Å². The van der Waals surface area contributed by atoms with Crippen LogP contribution >= 0.6 is 0 Å². The maximum absolute atomic E-state index is 5.65. The van der Waals surface area contributed by atoms with Gasteiger partial charge in [0.25, 0.3) is 0 Å². The molecule has 0 saturated carbocycles. The van der Waals surface area contributed by atoms with E-state index in [9.17, 15) is 0 Å². The van der Waals surface area contributed by atoms with Gasteiger partial charge >= 0.3 is 0 Å². The molecule has 2 aliphatic rings. The minimum absolute atomic E-state index is 0.344. The molecule has 1 aromatic rings. The molecule has 0 bridgehead atoms. The highest BCUT2D eigenvalue weighted by molar-refractivity contribution is 5.31. The van der Waals surface area contributed by atoms with Gasteiger partial charge in [-0.15, -0.1) is 0 Å². The lowest BCUT2D eigenvalue weighted by Gasteiger charge is -2.29. The largest absolute Gasteiger partial charge is 0.381 e. The lowest BCUT2D eigenvalue weighted by Crippen LogP contribution is -2.35. The van der Waals surface area contributed by atoms with Crippen LogP contribution in [0, 0.1) is 5.92 Å². The zero-order valence-electron chi connectivity index (χ0n) is 10.7. The normalized spacial score (nSPS) is 27.8. The molecular formula is C15H21NO2. The SMILES string of the molecule is c1ccc2c(c1)COCC2NCC1CCCOC1. The molecule has 1 fully saturated rings. The van der Waals surface area contributed by atoms with Gasteiger partial charge < -0.3 is 14.8 Å². The predicted molar refractivity (Wildman–Crippen MR) is 70.4 cm³/mol. The molecule has 0 aromatic heterocycles. The van der Waals surface area contributed by atoms with Crippen LogP contribution in [-0.4, -0.2) is 26.4 Å². The van der Waals surface area contributed by atoms with Gasteiger partial charge in [-0.3, -0.25) is 0 Å². The minimum atomic E-state index is 0.344. The molecule has 0 aliphatic carbocycles. The second kappa shape index (κ2) is 5.83. The summed E-state index contributed by atoms with van der Waals surface area (Å²) in [5.41, 5.74) is 2.72. The number of ether oxygens (including phenoxy) is 2. The van der Waals surface area contributed by atoms with Gasteiger partial charge in [-0.05, 0) is 29.9 Å². The van der Waals surface area contributed by atoms with E-state index in [1.54, 1.807) is 0 Å². The van der Waals surface area contributed by atoms with Crippen LogP contribution in [0.4, 0.5) is 0 Å². The smallest absolute Gasteiger partial charge is 0.0721 e. The lowest BCUT2D eigenvalue weighted by atomic mass is 9.97. The topological polar surface area (TPSA) is 30.5 Å². The second-order valence-electron chi connectivity index (χ2n) is 5.26. The summed E-state index contributed by atoms with van der Waals surface area (Å²) >= 11 is 0. The number of benzene rings is 1. The van der Waals surface area contributed by atoms with Crippen LogP contribution in [0.25, 0.3) is 0 Å².